The normalized spacial score (nSPS) is 13.4. The van der Waals surface area contributed by atoms with Crippen LogP contribution >= 0.6 is 24.0 Å². The molecule has 0 saturated carbocycles. The number of furan rings is 1. The predicted molar refractivity (Wildman–Crippen MR) is 127 cm³/mol. The molecule has 8 nitrogen and oxygen atoms in total. The first-order valence-corrected chi connectivity index (χ1v) is 9.68. The third-order valence-corrected chi connectivity index (χ3v) is 4.44. The fourth-order valence-corrected chi connectivity index (χ4v) is 2.91. The van der Waals surface area contributed by atoms with Crippen molar-refractivity contribution in [2.24, 2.45) is 4.99 Å². The van der Waals surface area contributed by atoms with Crippen LogP contribution in [0.3, 0.4) is 0 Å². The second kappa shape index (κ2) is 11.1. The highest BCUT2D eigenvalue weighted by Gasteiger charge is 2.27. The largest absolute Gasteiger partial charge is 0.463 e. The minimum absolute atomic E-state index is 0. The number of aromatic nitrogens is 3. The SMILES string of the molecule is CCNC(=NCc1cccc(Cn2cncn2)c1)NCC(C)(O)c1ccc(C)o1.I. The Morgan fingerprint density at radius 2 is 2.03 bits per heavy atom. The van der Waals surface area contributed by atoms with E-state index >= 15 is 0 Å². The predicted octanol–water partition coefficient (Wildman–Crippen LogP) is 2.81. The lowest BCUT2D eigenvalue weighted by atomic mass is 10.0. The minimum Gasteiger partial charge on any atom is -0.463 e. The zero-order valence-corrected chi connectivity index (χ0v) is 19.8. The summed E-state index contributed by atoms with van der Waals surface area (Å²) >= 11 is 0. The number of nitrogens with zero attached hydrogens (tertiary/aromatic N) is 4. The van der Waals surface area contributed by atoms with Gasteiger partial charge in [-0.25, -0.2) is 14.7 Å². The first-order valence-electron chi connectivity index (χ1n) is 9.68. The van der Waals surface area contributed by atoms with E-state index in [4.69, 9.17) is 4.42 Å². The monoisotopic (exact) mass is 524 g/mol. The summed E-state index contributed by atoms with van der Waals surface area (Å²) in [5.41, 5.74) is 1.09. The van der Waals surface area contributed by atoms with E-state index < -0.39 is 5.60 Å². The number of guanidine groups is 1. The fourth-order valence-electron chi connectivity index (χ4n) is 2.91. The highest BCUT2D eigenvalue weighted by atomic mass is 127. The van der Waals surface area contributed by atoms with E-state index in [0.717, 1.165) is 23.4 Å². The molecule has 0 radical (unpaired) electrons. The summed E-state index contributed by atoms with van der Waals surface area (Å²) < 4.78 is 7.35. The van der Waals surface area contributed by atoms with Gasteiger partial charge in [0, 0.05) is 6.54 Å². The first-order chi connectivity index (χ1) is 14.0. The molecular formula is C21H29IN6O2. The average molecular weight is 524 g/mol. The molecular weight excluding hydrogens is 495 g/mol. The molecule has 2 aromatic heterocycles. The summed E-state index contributed by atoms with van der Waals surface area (Å²) in [6.45, 7) is 7.76. The van der Waals surface area contributed by atoms with Crippen LogP contribution in [-0.2, 0) is 18.7 Å². The van der Waals surface area contributed by atoms with Crippen molar-refractivity contribution in [2.45, 2.75) is 39.5 Å². The number of hydrogen-bond donors (Lipinski definition) is 3. The van der Waals surface area contributed by atoms with Crippen LogP contribution in [0.1, 0.15) is 36.5 Å². The molecule has 0 bridgehead atoms. The highest BCUT2D eigenvalue weighted by molar-refractivity contribution is 14.0. The standard InChI is InChI=1S/C21H28N6O2.HI/c1-4-23-20(25-13-21(3,28)19-9-8-16(2)29-19)24-11-17-6-5-7-18(10-17)12-27-15-22-14-26-27;/h5-10,14-15,28H,4,11-13H2,1-3H3,(H2,23,24,25);1H. The number of rotatable bonds is 8. The molecule has 162 valence electrons. The minimum atomic E-state index is -1.14. The van der Waals surface area contributed by atoms with Gasteiger partial charge in [-0.15, -0.1) is 24.0 Å². The Morgan fingerprint density at radius 1 is 1.23 bits per heavy atom. The molecule has 3 rings (SSSR count). The van der Waals surface area contributed by atoms with Gasteiger partial charge in [-0.1, -0.05) is 24.3 Å². The summed E-state index contributed by atoms with van der Waals surface area (Å²) in [7, 11) is 0. The summed E-state index contributed by atoms with van der Waals surface area (Å²) in [5, 5.41) is 21.3. The summed E-state index contributed by atoms with van der Waals surface area (Å²) in [5.74, 6) is 1.93. The number of aliphatic hydroxyl groups is 1. The number of aliphatic imine (C=N–C) groups is 1. The van der Waals surface area contributed by atoms with Gasteiger partial charge in [0.25, 0.3) is 0 Å². The Hall–Kier alpha value is -2.40. The second-order valence-electron chi connectivity index (χ2n) is 7.15. The Balaban J connectivity index is 0.00000320. The van der Waals surface area contributed by atoms with Gasteiger partial charge in [-0.2, -0.15) is 5.10 Å². The van der Waals surface area contributed by atoms with Crippen molar-refractivity contribution in [3.63, 3.8) is 0 Å². The highest BCUT2D eigenvalue weighted by Crippen LogP contribution is 2.21. The molecule has 0 fully saturated rings. The molecule has 2 heterocycles. The molecule has 9 heteroatoms. The lowest BCUT2D eigenvalue weighted by Gasteiger charge is -2.22. The fraction of sp³-hybridized carbons (Fsp3) is 0.381. The topological polar surface area (TPSA) is 100 Å². The Labute approximate surface area is 193 Å². The Bertz CT molecular complexity index is 937. The van der Waals surface area contributed by atoms with E-state index in [1.165, 1.54) is 6.33 Å². The maximum Gasteiger partial charge on any atom is 0.191 e. The van der Waals surface area contributed by atoms with Crippen molar-refractivity contribution in [3.8, 4) is 0 Å². The van der Waals surface area contributed by atoms with Crippen LogP contribution in [-0.4, -0.2) is 38.9 Å². The van der Waals surface area contributed by atoms with Crippen molar-refractivity contribution < 1.29 is 9.52 Å². The van der Waals surface area contributed by atoms with Gasteiger partial charge in [0.2, 0.25) is 0 Å². The molecule has 1 unspecified atom stereocenters. The van der Waals surface area contributed by atoms with Gasteiger partial charge in [0.05, 0.1) is 19.6 Å². The summed E-state index contributed by atoms with van der Waals surface area (Å²) in [6.07, 6.45) is 3.23. The average Bonchev–Trinajstić information content (AvgIpc) is 3.36. The van der Waals surface area contributed by atoms with Gasteiger partial charge in [-0.3, -0.25) is 0 Å². The Morgan fingerprint density at radius 3 is 2.70 bits per heavy atom. The van der Waals surface area contributed by atoms with Crippen LogP contribution in [0.25, 0.3) is 0 Å². The van der Waals surface area contributed by atoms with Crippen LogP contribution < -0.4 is 10.6 Å². The third-order valence-electron chi connectivity index (χ3n) is 4.44. The maximum absolute atomic E-state index is 10.7. The summed E-state index contributed by atoms with van der Waals surface area (Å²) in [4.78, 5) is 8.61. The quantitative estimate of drug-likeness (QED) is 0.238. The molecule has 0 aliphatic heterocycles. The van der Waals surface area contributed by atoms with E-state index in [1.807, 2.05) is 32.0 Å². The smallest absolute Gasteiger partial charge is 0.191 e. The van der Waals surface area contributed by atoms with Gasteiger partial charge >= 0.3 is 0 Å². The van der Waals surface area contributed by atoms with E-state index in [9.17, 15) is 5.11 Å². The van der Waals surface area contributed by atoms with Gasteiger partial charge in [-0.05, 0) is 44.0 Å². The molecule has 3 aromatic rings. The van der Waals surface area contributed by atoms with Crippen LogP contribution in [0.5, 0.6) is 0 Å². The van der Waals surface area contributed by atoms with Crippen molar-refractivity contribution in [1.82, 2.24) is 25.4 Å². The third kappa shape index (κ3) is 6.84. The molecule has 1 atom stereocenters. The van der Waals surface area contributed by atoms with Crippen molar-refractivity contribution in [3.05, 3.63) is 71.7 Å². The van der Waals surface area contributed by atoms with Gasteiger partial charge in [0.1, 0.15) is 29.8 Å². The number of benzene rings is 1. The summed E-state index contributed by atoms with van der Waals surface area (Å²) in [6, 6.07) is 11.9. The zero-order chi connectivity index (χ0) is 20.7. The number of aryl methyl sites for hydroxylation is 1. The van der Waals surface area contributed by atoms with E-state index in [1.54, 1.807) is 24.0 Å². The number of nitrogens with one attached hydrogen (secondary N) is 2. The van der Waals surface area contributed by atoms with Crippen LogP contribution in [0.15, 0.2) is 58.5 Å². The lowest BCUT2D eigenvalue weighted by Crippen LogP contribution is -2.44. The lowest BCUT2D eigenvalue weighted by molar-refractivity contribution is 0.0378. The molecule has 0 saturated heterocycles. The van der Waals surface area contributed by atoms with Crippen molar-refractivity contribution >= 4 is 29.9 Å². The molecule has 3 N–H and O–H groups in total. The number of halogens is 1. The Kier molecular flexibility index (Phi) is 8.85. The van der Waals surface area contributed by atoms with Crippen LogP contribution in [0.4, 0.5) is 0 Å². The molecule has 0 amide bonds. The first kappa shape index (κ1) is 23.9. The van der Waals surface area contributed by atoms with Crippen molar-refractivity contribution in [1.29, 1.82) is 0 Å². The van der Waals surface area contributed by atoms with E-state index in [2.05, 4.69) is 37.8 Å². The molecule has 0 aliphatic rings. The number of hydrogen-bond acceptors (Lipinski definition) is 5. The van der Waals surface area contributed by atoms with Gasteiger partial charge < -0.3 is 20.2 Å². The van der Waals surface area contributed by atoms with Crippen LogP contribution in [0.2, 0.25) is 0 Å². The molecule has 0 spiro atoms. The van der Waals surface area contributed by atoms with Crippen LogP contribution in [0, 0.1) is 6.92 Å². The zero-order valence-electron chi connectivity index (χ0n) is 17.5. The maximum atomic E-state index is 10.7. The molecule has 0 aliphatic carbocycles. The van der Waals surface area contributed by atoms with Gasteiger partial charge in [0.15, 0.2) is 5.96 Å². The second-order valence-corrected chi connectivity index (χ2v) is 7.15. The van der Waals surface area contributed by atoms with E-state index in [-0.39, 0.29) is 30.5 Å². The molecule has 30 heavy (non-hydrogen) atoms. The van der Waals surface area contributed by atoms with Crippen molar-refractivity contribution in [2.75, 3.05) is 13.1 Å². The van der Waals surface area contributed by atoms with E-state index in [0.29, 0.717) is 24.8 Å². The molecule has 1 aromatic carbocycles.